The molecule has 1 unspecified atom stereocenters. The maximum Gasteiger partial charge on any atom is 0.326 e. The number of carbonyl (C=O) groups is 2. The Bertz CT molecular complexity index is 1460. The number of aromatic nitrogens is 1. The van der Waals surface area contributed by atoms with Gasteiger partial charge < -0.3 is 25.6 Å². The number of halogens is 2. The van der Waals surface area contributed by atoms with Gasteiger partial charge in [-0.2, -0.15) is 0 Å². The maximum absolute atomic E-state index is 14.2. The maximum atomic E-state index is 14.2. The van der Waals surface area contributed by atoms with Gasteiger partial charge in [0.25, 0.3) is 5.91 Å². The Morgan fingerprint density at radius 2 is 1.68 bits per heavy atom. The van der Waals surface area contributed by atoms with Gasteiger partial charge in [-0.1, -0.05) is 18.2 Å². The number of carboxylic acid groups (broad SMARTS) is 1. The lowest BCUT2D eigenvalue weighted by molar-refractivity contribution is -0.139. The highest BCUT2D eigenvalue weighted by Crippen LogP contribution is 2.42. The molecule has 3 aromatic carbocycles. The Kier molecular flexibility index (Phi) is 7.19. The largest absolute Gasteiger partial charge is 0.496 e. The van der Waals surface area contributed by atoms with Crippen LogP contribution in [0.3, 0.4) is 0 Å². The molecule has 0 saturated carbocycles. The molecule has 10 heteroatoms. The molecular weight excluding hydrogens is 484 g/mol. The average Bonchev–Trinajstić information content (AvgIpc) is 2.87. The Balaban J connectivity index is 1.74. The van der Waals surface area contributed by atoms with Crippen molar-refractivity contribution in [1.82, 2.24) is 10.3 Å². The molecule has 1 heterocycles. The molecule has 0 radical (unpaired) electrons. The zero-order valence-electron chi connectivity index (χ0n) is 19.9. The van der Waals surface area contributed by atoms with Crippen LogP contribution < -0.4 is 20.5 Å². The Labute approximate surface area is 210 Å². The van der Waals surface area contributed by atoms with Crippen molar-refractivity contribution in [2.45, 2.75) is 12.5 Å². The van der Waals surface area contributed by atoms with E-state index in [0.717, 1.165) is 17.7 Å². The predicted molar refractivity (Wildman–Crippen MR) is 134 cm³/mol. The number of nitrogens with zero attached hydrogens (tertiary/aromatic N) is 1. The van der Waals surface area contributed by atoms with Crippen LogP contribution >= 0.6 is 0 Å². The normalized spacial score (nSPS) is 11.7. The Morgan fingerprint density at radius 3 is 2.27 bits per heavy atom. The molecule has 1 amide bonds. The number of rotatable bonds is 8. The number of hydrogen-bond donors (Lipinski definition) is 3. The highest BCUT2D eigenvalue weighted by molar-refractivity contribution is 6.01. The number of nitrogens with one attached hydrogen (secondary N) is 1. The first kappa shape index (κ1) is 25.4. The van der Waals surface area contributed by atoms with Gasteiger partial charge >= 0.3 is 5.97 Å². The second-order valence-electron chi connectivity index (χ2n) is 8.16. The average molecular weight is 507 g/mol. The molecule has 1 aromatic heterocycles. The minimum absolute atomic E-state index is 0.164. The summed E-state index contributed by atoms with van der Waals surface area (Å²) < 4.78 is 39.5. The number of benzene rings is 3. The van der Waals surface area contributed by atoms with Crippen LogP contribution in [0, 0.1) is 11.6 Å². The predicted octanol–water partition coefficient (Wildman–Crippen LogP) is 4.21. The van der Waals surface area contributed by atoms with E-state index >= 15 is 0 Å². The molecule has 0 bridgehead atoms. The van der Waals surface area contributed by atoms with Gasteiger partial charge in [0.05, 0.1) is 19.8 Å². The number of amides is 1. The summed E-state index contributed by atoms with van der Waals surface area (Å²) in [5.41, 5.74) is 6.29. The van der Waals surface area contributed by atoms with E-state index in [1.807, 2.05) is 0 Å². The van der Waals surface area contributed by atoms with Gasteiger partial charge in [-0.15, -0.1) is 0 Å². The summed E-state index contributed by atoms with van der Waals surface area (Å²) in [6.45, 7) is 0. The van der Waals surface area contributed by atoms with Crippen molar-refractivity contribution in [3.63, 3.8) is 0 Å². The van der Waals surface area contributed by atoms with Crippen molar-refractivity contribution in [1.29, 1.82) is 0 Å². The first-order valence-electron chi connectivity index (χ1n) is 11.1. The van der Waals surface area contributed by atoms with Crippen molar-refractivity contribution in [3.05, 3.63) is 83.7 Å². The number of pyridine rings is 1. The van der Waals surface area contributed by atoms with E-state index in [2.05, 4.69) is 10.3 Å². The van der Waals surface area contributed by atoms with Crippen LogP contribution in [0.4, 0.5) is 14.5 Å². The fourth-order valence-corrected chi connectivity index (χ4v) is 4.23. The standard InChI is InChI=1S/C27H23F2N3O5/c1-36-22-4-3-5-23(37-2)24(22)17-7-6-14(16-8-9-31-13-18(16)17)10-21(27(34)35)32-26(33)25-19(28)11-15(30)12-20(25)29/h3-9,11-13,21H,10,30H2,1-2H3,(H,32,33)(H,34,35). The SMILES string of the molecule is COc1cccc(OC)c1-c1ccc(CC(NC(=O)c2c(F)cc(N)cc2F)C(=O)O)c2ccncc12. The third kappa shape index (κ3) is 4.99. The molecule has 0 saturated heterocycles. The third-order valence-corrected chi connectivity index (χ3v) is 5.92. The number of fused-ring (bicyclic) bond motifs is 1. The van der Waals surface area contributed by atoms with Gasteiger partial charge in [0.1, 0.15) is 34.7 Å². The van der Waals surface area contributed by atoms with Crippen LogP contribution in [0.15, 0.2) is 60.9 Å². The van der Waals surface area contributed by atoms with Gasteiger partial charge in [0, 0.05) is 29.9 Å². The Morgan fingerprint density at radius 1 is 1.03 bits per heavy atom. The molecule has 4 N–H and O–H groups in total. The van der Waals surface area contributed by atoms with Crippen molar-refractivity contribution in [2.24, 2.45) is 0 Å². The number of methoxy groups -OCH3 is 2. The molecule has 0 spiro atoms. The van der Waals surface area contributed by atoms with Gasteiger partial charge in [0.15, 0.2) is 0 Å². The lowest BCUT2D eigenvalue weighted by Crippen LogP contribution is -2.43. The molecule has 190 valence electrons. The minimum Gasteiger partial charge on any atom is -0.496 e. The molecular formula is C27H23F2N3O5. The highest BCUT2D eigenvalue weighted by atomic mass is 19.1. The number of ether oxygens (including phenoxy) is 2. The topological polar surface area (TPSA) is 124 Å². The summed E-state index contributed by atoms with van der Waals surface area (Å²) in [6, 6.07) is 10.7. The molecule has 0 fully saturated rings. The summed E-state index contributed by atoms with van der Waals surface area (Å²) in [4.78, 5) is 28.9. The number of aliphatic carboxylic acids is 1. The lowest BCUT2D eigenvalue weighted by atomic mass is 9.92. The fraction of sp³-hybridized carbons (Fsp3) is 0.148. The van der Waals surface area contributed by atoms with E-state index in [0.29, 0.717) is 33.4 Å². The second-order valence-corrected chi connectivity index (χ2v) is 8.16. The number of carboxylic acids is 1. The van der Waals surface area contributed by atoms with Crippen molar-refractivity contribution < 1.29 is 33.0 Å². The monoisotopic (exact) mass is 507 g/mol. The molecule has 0 aliphatic carbocycles. The van der Waals surface area contributed by atoms with Crippen LogP contribution in [0.2, 0.25) is 0 Å². The minimum atomic E-state index is -1.48. The van der Waals surface area contributed by atoms with E-state index in [4.69, 9.17) is 15.2 Å². The second kappa shape index (κ2) is 10.5. The summed E-state index contributed by atoms with van der Waals surface area (Å²) in [7, 11) is 3.08. The molecule has 4 rings (SSSR count). The van der Waals surface area contributed by atoms with E-state index < -0.39 is 35.1 Å². The summed E-state index contributed by atoms with van der Waals surface area (Å²) in [5, 5.41) is 13.4. The number of nitrogen functional groups attached to an aromatic ring is 1. The molecule has 8 nitrogen and oxygen atoms in total. The molecule has 0 aliphatic heterocycles. The van der Waals surface area contributed by atoms with Gasteiger partial charge in [0.2, 0.25) is 0 Å². The smallest absolute Gasteiger partial charge is 0.326 e. The first-order chi connectivity index (χ1) is 17.7. The quantitative estimate of drug-likeness (QED) is 0.305. The number of anilines is 1. The first-order valence-corrected chi connectivity index (χ1v) is 11.1. The number of carbonyl (C=O) groups excluding carboxylic acids is 1. The van der Waals surface area contributed by atoms with Crippen molar-refractivity contribution in [3.8, 4) is 22.6 Å². The van der Waals surface area contributed by atoms with Crippen LogP contribution in [0.25, 0.3) is 21.9 Å². The van der Waals surface area contributed by atoms with Crippen LogP contribution in [-0.4, -0.2) is 42.2 Å². The molecule has 4 aromatic rings. The van der Waals surface area contributed by atoms with Crippen LogP contribution in [0.1, 0.15) is 15.9 Å². The van der Waals surface area contributed by atoms with E-state index in [-0.39, 0.29) is 12.1 Å². The van der Waals surface area contributed by atoms with Crippen molar-refractivity contribution in [2.75, 3.05) is 20.0 Å². The fourth-order valence-electron chi connectivity index (χ4n) is 4.23. The van der Waals surface area contributed by atoms with Gasteiger partial charge in [-0.3, -0.25) is 9.78 Å². The summed E-state index contributed by atoms with van der Waals surface area (Å²) in [5.74, 6) is -3.82. The lowest BCUT2D eigenvalue weighted by Gasteiger charge is -2.19. The molecule has 37 heavy (non-hydrogen) atoms. The summed E-state index contributed by atoms with van der Waals surface area (Å²) >= 11 is 0. The zero-order valence-corrected chi connectivity index (χ0v) is 19.9. The van der Waals surface area contributed by atoms with Crippen molar-refractivity contribution >= 4 is 28.3 Å². The highest BCUT2D eigenvalue weighted by Gasteiger charge is 2.26. The molecule has 0 aliphatic rings. The number of hydrogen-bond acceptors (Lipinski definition) is 6. The van der Waals surface area contributed by atoms with Gasteiger partial charge in [-0.05, 0) is 46.8 Å². The van der Waals surface area contributed by atoms with E-state index in [1.54, 1.807) is 63.0 Å². The molecule has 1 atom stereocenters. The Hall–Kier alpha value is -4.73. The van der Waals surface area contributed by atoms with Crippen LogP contribution in [-0.2, 0) is 11.2 Å². The summed E-state index contributed by atoms with van der Waals surface area (Å²) in [6.07, 6.45) is 3.03. The van der Waals surface area contributed by atoms with Crippen LogP contribution in [0.5, 0.6) is 11.5 Å². The van der Waals surface area contributed by atoms with E-state index in [9.17, 15) is 23.5 Å². The van der Waals surface area contributed by atoms with E-state index in [1.165, 1.54) is 0 Å². The third-order valence-electron chi connectivity index (χ3n) is 5.92. The number of nitrogens with two attached hydrogens (primary N) is 1. The zero-order chi connectivity index (χ0) is 26.7. The van der Waals surface area contributed by atoms with Gasteiger partial charge in [-0.25, -0.2) is 13.6 Å².